The highest BCUT2D eigenvalue weighted by molar-refractivity contribution is 6.05. The van der Waals surface area contributed by atoms with E-state index in [4.69, 9.17) is 4.74 Å². The zero-order chi connectivity index (χ0) is 25.2. The number of anilines is 1. The van der Waals surface area contributed by atoms with E-state index >= 15 is 0 Å². The second-order valence-corrected chi connectivity index (χ2v) is 8.50. The molecule has 0 saturated carbocycles. The van der Waals surface area contributed by atoms with Crippen LogP contribution in [0.2, 0.25) is 0 Å². The number of amides is 4. The van der Waals surface area contributed by atoms with E-state index in [1.54, 1.807) is 48.5 Å². The molecule has 182 valence electrons. The van der Waals surface area contributed by atoms with E-state index in [0.29, 0.717) is 28.1 Å². The Morgan fingerprint density at radius 3 is 2.69 bits per heavy atom. The molecular formula is C26H21FN4O5. The molecule has 1 fully saturated rings. The van der Waals surface area contributed by atoms with Crippen LogP contribution in [0.25, 0.3) is 11.3 Å². The van der Waals surface area contributed by atoms with Crippen molar-refractivity contribution >= 4 is 29.5 Å². The summed E-state index contributed by atoms with van der Waals surface area (Å²) < 4.78 is 19.2. The second-order valence-electron chi connectivity index (χ2n) is 8.50. The van der Waals surface area contributed by atoms with Crippen molar-refractivity contribution in [3.63, 3.8) is 0 Å². The van der Waals surface area contributed by atoms with Gasteiger partial charge in [-0.1, -0.05) is 24.3 Å². The van der Waals surface area contributed by atoms with Crippen molar-refractivity contribution in [3.8, 4) is 11.3 Å². The molecule has 3 aromatic rings. The lowest BCUT2D eigenvalue weighted by Crippen LogP contribution is -2.52. The summed E-state index contributed by atoms with van der Waals surface area (Å²) >= 11 is 0. The van der Waals surface area contributed by atoms with E-state index in [-0.39, 0.29) is 37.8 Å². The number of aromatic nitrogens is 1. The Morgan fingerprint density at radius 1 is 1.11 bits per heavy atom. The fourth-order valence-corrected chi connectivity index (χ4v) is 4.29. The smallest absolute Gasteiger partial charge is 0.412 e. The number of benzene rings is 2. The number of ether oxygens (including phenoxy) is 1. The highest BCUT2D eigenvalue weighted by atomic mass is 19.1. The van der Waals surface area contributed by atoms with Crippen molar-refractivity contribution in [1.82, 2.24) is 15.2 Å². The number of carbonyl (C=O) groups is 4. The molecule has 2 N–H and O–H groups in total. The number of halogens is 1. The summed E-state index contributed by atoms with van der Waals surface area (Å²) in [5, 5.41) is 4.83. The van der Waals surface area contributed by atoms with Crippen LogP contribution >= 0.6 is 0 Å². The molecule has 9 nitrogen and oxygen atoms in total. The minimum atomic E-state index is -0.715. The number of hydrogen-bond acceptors (Lipinski definition) is 6. The van der Waals surface area contributed by atoms with E-state index < -0.39 is 23.9 Å². The van der Waals surface area contributed by atoms with Gasteiger partial charge in [0.1, 0.15) is 18.5 Å². The van der Waals surface area contributed by atoms with Crippen LogP contribution < -0.4 is 10.6 Å². The van der Waals surface area contributed by atoms with Gasteiger partial charge in [-0.2, -0.15) is 0 Å². The van der Waals surface area contributed by atoms with Crippen LogP contribution in [0.4, 0.5) is 14.9 Å². The molecule has 5 rings (SSSR count). The van der Waals surface area contributed by atoms with Crippen LogP contribution in [-0.2, 0) is 27.5 Å². The Bertz CT molecular complexity index is 1380. The Morgan fingerprint density at radius 2 is 1.94 bits per heavy atom. The number of nitrogens with zero attached hydrogens (tertiary/aromatic N) is 2. The van der Waals surface area contributed by atoms with Crippen molar-refractivity contribution in [2.45, 2.75) is 32.0 Å². The van der Waals surface area contributed by atoms with Gasteiger partial charge in [0.05, 0.1) is 17.6 Å². The van der Waals surface area contributed by atoms with Gasteiger partial charge < -0.3 is 9.64 Å². The molecular weight excluding hydrogens is 467 g/mol. The third-order valence-corrected chi connectivity index (χ3v) is 6.12. The maximum absolute atomic E-state index is 13.9. The SMILES string of the molecule is O=C1CCC(N2Cc3ccc(COC(=O)Nc4ccc(-c5ccccc5F)nc4)cc3C2=O)C(=O)N1. The normalized spacial score (nSPS) is 17.0. The van der Waals surface area contributed by atoms with E-state index in [1.807, 2.05) is 0 Å². The molecule has 1 unspecified atom stereocenters. The van der Waals surface area contributed by atoms with Crippen LogP contribution in [0.1, 0.15) is 34.3 Å². The highest BCUT2D eigenvalue weighted by Gasteiger charge is 2.39. The molecule has 0 bridgehead atoms. The summed E-state index contributed by atoms with van der Waals surface area (Å²) in [6.07, 6.45) is 1.16. The Hall–Kier alpha value is -4.60. The predicted molar refractivity (Wildman–Crippen MR) is 126 cm³/mol. The molecule has 1 saturated heterocycles. The number of fused-ring (bicyclic) bond motifs is 1. The molecule has 2 aromatic carbocycles. The summed E-state index contributed by atoms with van der Waals surface area (Å²) in [5.41, 5.74) is 2.97. The monoisotopic (exact) mass is 488 g/mol. The van der Waals surface area contributed by atoms with Gasteiger partial charge in [0.25, 0.3) is 5.91 Å². The molecule has 0 spiro atoms. The molecule has 1 atom stereocenters. The topological polar surface area (TPSA) is 118 Å². The summed E-state index contributed by atoms with van der Waals surface area (Å²) in [6.45, 7) is 0.198. The summed E-state index contributed by atoms with van der Waals surface area (Å²) in [7, 11) is 0. The third kappa shape index (κ3) is 4.65. The van der Waals surface area contributed by atoms with Gasteiger partial charge in [-0.05, 0) is 47.9 Å². The average molecular weight is 488 g/mol. The van der Waals surface area contributed by atoms with Crippen molar-refractivity contribution < 1.29 is 28.3 Å². The first-order valence-electron chi connectivity index (χ1n) is 11.3. The lowest BCUT2D eigenvalue weighted by Gasteiger charge is -2.29. The van der Waals surface area contributed by atoms with Gasteiger partial charge >= 0.3 is 6.09 Å². The fraction of sp³-hybridized carbons (Fsp3) is 0.192. The first kappa shape index (κ1) is 23.2. The molecule has 0 radical (unpaired) electrons. The minimum Gasteiger partial charge on any atom is -0.444 e. The van der Waals surface area contributed by atoms with Crippen molar-refractivity contribution in [1.29, 1.82) is 0 Å². The number of piperidine rings is 1. The first-order valence-corrected chi connectivity index (χ1v) is 11.3. The first-order chi connectivity index (χ1) is 17.4. The molecule has 0 aliphatic carbocycles. The summed E-state index contributed by atoms with van der Waals surface area (Å²) in [6, 6.07) is 13.9. The number of imide groups is 1. The molecule has 3 heterocycles. The number of pyridine rings is 1. The summed E-state index contributed by atoms with van der Waals surface area (Å²) in [5.74, 6) is -1.50. The van der Waals surface area contributed by atoms with E-state index in [2.05, 4.69) is 15.6 Å². The molecule has 2 aliphatic heterocycles. The van der Waals surface area contributed by atoms with Gasteiger partial charge in [-0.15, -0.1) is 0 Å². The number of rotatable bonds is 5. The fourth-order valence-electron chi connectivity index (χ4n) is 4.29. The zero-order valence-electron chi connectivity index (χ0n) is 19.0. The van der Waals surface area contributed by atoms with Gasteiger partial charge in [0.2, 0.25) is 11.8 Å². The Kier molecular flexibility index (Phi) is 6.16. The number of nitrogens with one attached hydrogen (secondary N) is 2. The lowest BCUT2D eigenvalue weighted by atomic mass is 10.0. The molecule has 2 aliphatic rings. The van der Waals surface area contributed by atoms with Crippen LogP contribution in [-0.4, -0.2) is 39.7 Å². The van der Waals surface area contributed by atoms with E-state index in [0.717, 1.165) is 5.56 Å². The lowest BCUT2D eigenvalue weighted by molar-refractivity contribution is -0.136. The van der Waals surface area contributed by atoms with Crippen LogP contribution in [0.5, 0.6) is 0 Å². The number of hydrogen-bond donors (Lipinski definition) is 2. The van der Waals surface area contributed by atoms with Gasteiger partial charge in [0.15, 0.2) is 0 Å². The largest absolute Gasteiger partial charge is 0.444 e. The Labute approximate surface area is 205 Å². The minimum absolute atomic E-state index is 0.0778. The van der Waals surface area contributed by atoms with Crippen molar-refractivity contribution in [2.75, 3.05) is 5.32 Å². The van der Waals surface area contributed by atoms with Crippen LogP contribution in [0, 0.1) is 5.82 Å². The number of carbonyl (C=O) groups excluding carboxylic acids is 4. The average Bonchev–Trinajstić information content (AvgIpc) is 3.19. The van der Waals surface area contributed by atoms with Gasteiger partial charge in [-0.25, -0.2) is 9.18 Å². The predicted octanol–water partition coefficient (Wildman–Crippen LogP) is 3.40. The van der Waals surface area contributed by atoms with Gasteiger partial charge in [-0.3, -0.25) is 30.0 Å². The van der Waals surface area contributed by atoms with Crippen molar-refractivity contribution in [2.24, 2.45) is 0 Å². The molecule has 10 heteroatoms. The van der Waals surface area contributed by atoms with Crippen LogP contribution in [0.15, 0.2) is 60.8 Å². The maximum atomic E-state index is 13.9. The standard InChI is InChI=1S/C26H21FN4O5/c27-20-4-2-1-3-18(20)21-8-7-17(12-28-21)29-26(35)36-14-15-5-6-16-13-31(25(34)19(16)11-15)22-9-10-23(32)30-24(22)33/h1-8,11-12,22H,9-10,13-14H2,(H,29,35)(H,30,32,33). The van der Waals surface area contributed by atoms with E-state index in [9.17, 15) is 23.6 Å². The second kappa shape index (κ2) is 9.57. The van der Waals surface area contributed by atoms with Crippen molar-refractivity contribution in [3.05, 3.63) is 83.3 Å². The quantitative estimate of drug-likeness (QED) is 0.532. The third-order valence-electron chi connectivity index (χ3n) is 6.12. The molecule has 4 amide bonds. The van der Waals surface area contributed by atoms with Crippen LogP contribution in [0.3, 0.4) is 0 Å². The maximum Gasteiger partial charge on any atom is 0.412 e. The molecule has 36 heavy (non-hydrogen) atoms. The molecule has 1 aromatic heterocycles. The van der Waals surface area contributed by atoms with Gasteiger partial charge in [0, 0.05) is 24.1 Å². The zero-order valence-corrected chi connectivity index (χ0v) is 19.0. The van der Waals surface area contributed by atoms with E-state index in [1.165, 1.54) is 17.2 Å². The summed E-state index contributed by atoms with van der Waals surface area (Å²) in [4.78, 5) is 54.4. The Balaban J connectivity index is 1.18. The highest BCUT2D eigenvalue weighted by Crippen LogP contribution is 2.28.